The quantitative estimate of drug-likeness (QED) is 0.711. The van der Waals surface area contributed by atoms with E-state index >= 15 is 0 Å². The molecule has 3 aromatic rings. The molecule has 1 aliphatic carbocycles. The fourth-order valence-corrected chi connectivity index (χ4v) is 3.87. The summed E-state index contributed by atoms with van der Waals surface area (Å²) in [4.78, 5) is 17.7. The maximum absolute atomic E-state index is 12.0. The van der Waals surface area contributed by atoms with Crippen LogP contribution in [-0.4, -0.2) is 15.8 Å². The Labute approximate surface area is 157 Å². The highest BCUT2D eigenvalue weighted by Crippen LogP contribution is 2.54. The van der Waals surface area contributed by atoms with Crippen LogP contribution in [0.3, 0.4) is 0 Å². The molecule has 1 aromatic heterocycles. The summed E-state index contributed by atoms with van der Waals surface area (Å²) in [5, 5.41) is 0. The fourth-order valence-electron chi connectivity index (χ4n) is 3.41. The van der Waals surface area contributed by atoms with Gasteiger partial charge in [0.1, 0.15) is 0 Å². The Hall–Kier alpha value is -2.53. The van der Waals surface area contributed by atoms with Crippen molar-refractivity contribution < 1.29 is 0 Å². The zero-order chi connectivity index (χ0) is 18.3. The number of anilines is 1. The van der Waals surface area contributed by atoms with Crippen molar-refractivity contribution in [3.63, 3.8) is 0 Å². The summed E-state index contributed by atoms with van der Waals surface area (Å²) in [6.07, 6.45) is 3.10. The minimum Gasteiger partial charge on any atom is -0.369 e. The number of benzene rings is 2. The van der Waals surface area contributed by atoms with Gasteiger partial charge in [0.25, 0.3) is 5.56 Å². The third-order valence-electron chi connectivity index (χ3n) is 5.08. The van der Waals surface area contributed by atoms with Crippen molar-refractivity contribution in [3.8, 4) is 11.1 Å². The van der Waals surface area contributed by atoms with Gasteiger partial charge in [-0.3, -0.25) is 9.36 Å². The van der Waals surface area contributed by atoms with Crippen molar-refractivity contribution in [1.29, 1.82) is 0 Å². The molecule has 0 aliphatic heterocycles. The zero-order valence-electron chi connectivity index (χ0n) is 14.8. The molecule has 5 heteroatoms. The maximum Gasteiger partial charge on any atom is 0.254 e. The third kappa shape index (κ3) is 3.15. The second-order valence-electron chi connectivity index (χ2n) is 6.74. The lowest BCUT2D eigenvalue weighted by Gasteiger charge is -2.08. The van der Waals surface area contributed by atoms with Crippen LogP contribution in [0, 0.1) is 0 Å². The van der Waals surface area contributed by atoms with Crippen LogP contribution < -0.4 is 11.3 Å². The molecule has 4 nitrogen and oxygen atoms in total. The molecule has 2 aromatic carbocycles. The van der Waals surface area contributed by atoms with E-state index in [0.717, 1.165) is 12.1 Å². The van der Waals surface area contributed by atoms with Gasteiger partial charge in [-0.05, 0) is 47.4 Å². The normalized spacial score (nSPS) is 18.7. The molecule has 2 atom stereocenters. The number of thioether (sulfide) groups is 1. The van der Waals surface area contributed by atoms with Crippen LogP contribution >= 0.6 is 11.8 Å². The largest absolute Gasteiger partial charge is 0.369 e. The van der Waals surface area contributed by atoms with Gasteiger partial charge in [0.15, 0.2) is 0 Å². The number of aromatic nitrogens is 2. The van der Waals surface area contributed by atoms with Crippen LogP contribution in [0.5, 0.6) is 0 Å². The van der Waals surface area contributed by atoms with E-state index in [0.29, 0.717) is 5.92 Å². The number of nitrogens with zero attached hydrogens (tertiary/aromatic N) is 2. The van der Waals surface area contributed by atoms with Crippen molar-refractivity contribution in [2.24, 2.45) is 7.05 Å². The van der Waals surface area contributed by atoms with Gasteiger partial charge in [-0.25, -0.2) is 4.98 Å². The highest BCUT2D eigenvalue weighted by Gasteiger charge is 2.41. The van der Waals surface area contributed by atoms with E-state index in [4.69, 9.17) is 5.73 Å². The van der Waals surface area contributed by atoms with Crippen LogP contribution in [-0.2, 0) is 7.05 Å². The summed E-state index contributed by atoms with van der Waals surface area (Å²) >= 11 is 1.75. The average molecular weight is 363 g/mol. The van der Waals surface area contributed by atoms with Gasteiger partial charge in [-0.2, -0.15) is 0 Å². The molecule has 0 radical (unpaired) electrons. The fraction of sp³-hybridized carbons (Fsp3) is 0.238. The highest BCUT2D eigenvalue weighted by atomic mass is 32.2. The summed E-state index contributed by atoms with van der Waals surface area (Å²) < 4.78 is 1.38. The molecule has 0 unspecified atom stereocenters. The Bertz CT molecular complexity index is 1030. The Balaban J connectivity index is 1.61. The first-order valence-electron chi connectivity index (χ1n) is 8.64. The molecule has 1 fully saturated rings. The van der Waals surface area contributed by atoms with Gasteiger partial charge in [0, 0.05) is 23.9 Å². The Kier molecular flexibility index (Phi) is 4.32. The number of hydrogen-bond acceptors (Lipinski definition) is 4. The van der Waals surface area contributed by atoms with E-state index in [9.17, 15) is 4.79 Å². The molecule has 1 heterocycles. The van der Waals surface area contributed by atoms with Crippen molar-refractivity contribution in [1.82, 2.24) is 9.55 Å². The second-order valence-corrected chi connectivity index (χ2v) is 7.62. The lowest BCUT2D eigenvalue weighted by molar-refractivity contribution is 0.813. The second kappa shape index (κ2) is 6.65. The summed E-state index contributed by atoms with van der Waals surface area (Å²) in [6.45, 7) is 0. The smallest absolute Gasteiger partial charge is 0.254 e. The van der Waals surface area contributed by atoms with Gasteiger partial charge in [0.05, 0.1) is 5.69 Å². The third-order valence-corrected chi connectivity index (χ3v) is 5.80. The summed E-state index contributed by atoms with van der Waals surface area (Å²) in [5.41, 5.74) is 10.3. The number of nitrogen functional groups attached to an aromatic ring is 1. The molecule has 2 N–H and O–H groups in total. The number of nitrogens with two attached hydrogens (primary N) is 1. The molecule has 0 bridgehead atoms. The first-order valence-corrected chi connectivity index (χ1v) is 9.87. The average Bonchev–Trinajstić information content (AvgIpc) is 3.47. The summed E-state index contributed by atoms with van der Waals surface area (Å²) in [5.74, 6) is 0.956. The maximum atomic E-state index is 12.0. The van der Waals surface area contributed by atoms with Gasteiger partial charge in [-0.1, -0.05) is 36.4 Å². The molecule has 1 aliphatic rings. The summed E-state index contributed by atoms with van der Waals surface area (Å²) in [7, 11) is 1.64. The predicted octanol–water partition coefficient (Wildman–Crippen LogP) is 4.02. The Morgan fingerprint density at radius 3 is 2.54 bits per heavy atom. The molecule has 4 rings (SSSR count). The summed E-state index contributed by atoms with van der Waals surface area (Å²) in [6, 6.07) is 18.9. The van der Waals surface area contributed by atoms with Crippen LogP contribution in [0.4, 0.5) is 5.95 Å². The first-order chi connectivity index (χ1) is 12.6. The number of hydrogen-bond donors (Lipinski definition) is 1. The van der Waals surface area contributed by atoms with E-state index in [-0.39, 0.29) is 17.4 Å². The monoisotopic (exact) mass is 363 g/mol. The van der Waals surface area contributed by atoms with Gasteiger partial charge >= 0.3 is 0 Å². The van der Waals surface area contributed by atoms with E-state index in [1.165, 1.54) is 26.2 Å². The van der Waals surface area contributed by atoms with E-state index in [2.05, 4.69) is 59.8 Å². The standard InChI is InChI=1S/C21H21N3OS/c1-24-20(25)12-19(23-21(24)22)18-11-17(18)15-7-3-5-13(9-15)14-6-4-8-16(10-14)26-2/h3-10,12,17-18H,11H2,1-2H3,(H2,22,23)/t17-,18-/m0/s1. The van der Waals surface area contributed by atoms with E-state index in [1.807, 2.05) is 0 Å². The first kappa shape index (κ1) is 16.9. The molecule has 0 amide bonds. The highest BCUT2D eigenvalue weighted by molar-refractivity contribution is 7.98. The minimum absolute atomic E-state index is 0.0965. The van der Waals surface area contributed by atoms with Crippen molar-refractivity contribution in [2.75, 3.05) is 12.0 Å². The van der Waals surface area contributed by atoms with E-state index < -0.39 is 0 Å². The van der Waals surface area contributed by atoms with Gasteiger partial charge < -0.3 is 5.73 Å². The van der Waals surface area contributed by atoms with Crippen LogP contribution in [0.2, 0.25) is 0 Å². The Morgan fingerprint density at radius 2 is 1.81 bits per heavy atom. The lowest BCUT2D eigenvalue weighted by Crippen LogP contribution is -2.21. The van der Waals surface area contributed by atoms with E-state index in [1.54, 1.807) is 24.9 Å². The topological polar surface area (TPSA) is 60.9 Å². The predicted molar refractivity (Wildman–Crippen MR) is 108 cm³/mol. The zero-order valence-corrected chi connectivity index (χ0v) is 15.7. The molecule has 132 valence electrons. The van der Waals surface area contributed by atoms with Crippen LogP contribution in [0.1, 0.15) is 29.5 Å². The molecule has 26 heavy (non-hydrogen) atoms. The van der Waals surface area contributed by atoms with Gasteiger partial charge in [0.2, 0.25) is 5.95 Å². The van der Waals surface area contributed by atoms with Crippen LogP contribution in [0.15, 0.2) is 64.3 Å². The van der Waals surface area contributed by atoms with Crippen LogP contribution in [0.25, 0.3) is 11.1 Å². The minimum atomic E-state index is -0.0965. The number of rotatable bonds is 4. The lowest BCUT2D eigenvalue weighted by atomic mass is 10.00. The van der Waals surface area contributed by atoms with Crippen molar-refractivity contribution >= 4 is 17.7 Å². The van der Waals surface area contributed by atoms with Crippen molar-refractivity contribution in [2.45, 2.75) is 23.2 Å². The Morgan fingerprint density at radius 1 is 1.08 bits per heavy atom. The molecule has 0 saturated heterocycles. The van der Waals surface area contributed by atoms with Crippen molar-refractivity contribution in [3.05, 3.63) is 76.2 Å². The molecular formula is C21H21N3OS. The molecule has 1 saturated carbocycles. The SMILES string of the molecule is CSc1cccc(-c2cccc([C@@H]3C[C@@H]3c3cc(=O)n(C)c(N)n3)c2)c1. The van der Waals surface area contributed by atoms with Gasteiger partial charge in [-0.15, -0.1) is 11.8 Å². The molecular weight excluding hydrogens is 342 g/mol. The molecule has 0 spiro atoms.